The van der Waals surface area contributed by atoms with E-state index in [0.29, 0.717) is 5.41 Å². The monoisotopic (exact) mass is 275 g/mol. The maximum Gasteiger partial charge on any atom is 0.269 e. The molecule has 1 aromatic rings. The number of anilines is 1. The van der Waals surface area contributed by atoms with Gasteiger partial charge in [-0.1, -0.05) is 6.42 Å². The van der Waals surface area contributed by atoms with E-state index in [2.05, 4.69) is 10.2 Å². The zero-order valence-electron chi connectivity index (χ0n) is 11.7. The molecule has 0 amide bonds. The van der Waals surface area contributed by atoms with Crippen molar-refractivity contribution < 1.29 is 4.92 Å². The number of nitrogens with zero attached hydrogens (tertiary/aromatic N) is 2. The van der Waals surface area contributed by atoms with E-state index in [-0.39, 0.29) is 10.6 Å². The summed E-state index contributed by atoms with van der Waals surface area (Å²) in [6, 6.07) is 6.96. The number of nitrogens with one attached hydrogen (secondary N) is 1. The third-order valence-corrected chi connectivity index (χ3v) is 4.67. The Labute approximate surface area is 119 Å². The molecule has 2 aliphatic rings. The van der Waals surface area contributed by atoms with Crippen LogP contribution in [0.5, 0.6) is 0 Å². The zero-order chi connectivity index (χ0) is 14.0. The molecular weight excluding hydrogens is 254 g/mol. The van der Waals surface area contributed by atoms with Crippen LogP contribution in [0.2, 0.25) is 0 Å². The Morgan fingerprint density at radius 2 is 2.00 bits per heavy atom. The maximum absolute atomic E-state index is 10.7. The third kappa shape index (κ3) is 2.63. The van der Waals surface area contributed by atoms with Crippen molar-refractivity contribution in [1.29, 1.82) is 0 Å². The van der Waals surface area contributed by atoms with Crippen molar-refractivity contribution in [2.45, 2.75) is 25.7 Å². The van der Waals surface area contributed by atoms with Crippen LogP contribution in [0.3, 0.4) is 0 Å². The number of hydrogen-bond donors (Lipinski definition) is 1. The molecule has 2 aliphatic heterocycles. The van der Waals surface area contributed by atoms with Gasteiger partial charge in [0.25, 0.3) is 5.69 Å². The van der Waals surface area contributed by atoms with Gasteiger partial charge in [0.15, 0.2) is 0 Å². The van der Waals surface area contributed by atoms with Crippen molar-refractivity contribution in [3.63, 3.8) is 0 Å². The van der Waals surface area contributed by atoms with E-state index < -0.39 is 0 Å². The summed E-state index contributed by atoms with van der Waals surface area (Å²) in [6.07, 6.45) is 5.10. The largest absolute Gasteiger partial charge is 0.371 e. The van der Waals surface area contributed by atoms with Crippen LogP contribution >= 0.6 is 0 Å². The summed E-state index contributed by atoms with van der Waals surface area (Å²) in [6.45, 7) is 4.37. The molecule has 0 radical (unpaired) electrons. The second-order valence-electron chi connectivity index (χ2n) is 6.08. The Morgan fingerprint density at radius 1 is 1.20 bits per heavy atom. The molecule has 20 heavy (non-hydrogen) atoms. The average molecular weight is 275 g/mol. The molecule has 0 aromatic heterocycles. The predicted molar refractivity (Wildman–Crippen MR) is 79.1 cm³/mol. The van der Waals surface area contributed by atoms with Crippen molar-refractivity contribution in [3.8, 4) is 0 Å². The summed E-state index contributed by atoms with van der Waals surface area (Å²) in [4.78, 5) is 12.7. The van der Waals surface area contributed by atoms with E-state index in [1.165, 1.54) is 25.7 Å². The molecule has 1 aromatic carbocycles. The zero-order valence-corrected chi connectivity index (χ0v) is 11.7. The van der Waals surface area contributed by atoms with Crippen LogP contribution < -0.4 is 10.2 Å². The summed E-state index contributed by atoms with van der Waals surface area (Å²) in [5, 5.41) is 14.3. The van der Waals surface area contributed by atoms with E-state index in [9.17, 15) is 10.1 Å². The van der Waals surface area contributed by atoms with E-state index in [4.69, 9.17) is 0 Å². The molecule has 5 heteroatoms. The fraction of sp³-hybridized carbons (Fsp3) is 0.600. The van der Waals surface area contributed by atoms with Gasteiger partial charge in [-0.05, 0) is 37.9 Å². The minimum atomic E-state index is -0.343. The number of rotatable bonds is 2. The van der Waals surface area contributed by atoms with Gasteiger partial charge in [-0.15, -0.1) is 0 Å². The molecule has 0 saturated carbocycles. The lowest BCUT2D eigenvalue weighted by Gasteiger charge is -2.28. The summed E-state index contributed by atoms with van der Waals surface area (Å²) in [5.41, 5.74) is 1.67. The lowest BCUT2D eigenvalue weighted by molar-refractivity contribution is -0.384. The number of hydrogen-bond acceptors (Lipinski definition) is 4. The number of benzene rings is 1. The normalized spacial score (nSPS) is 26.7. The molecule has 2 heterocycles. The van der Waals surface area contributed by atoms with Gasteiger partial charge < -0.3 is 10.2 Å². The highest BCUT2D eigenvalue weighted by molar-refractivity contribution is 5.52. The number of non-ortho nitro benzene ring substituents is 1. The fourth-order valence-electron chi connectivity index (χ4n) is 3.48. The fourth-order valence-corrected chi connectivity index (χ4v) is 3.48. The van der Waals surface area contributed by atoms with E-state index >= 15 is 0 Å². The summed E-state index contributed by atoms with van der Waals surface area (Å²) in [5.74, 6) is 0. The molecule has 1 atom stereocenters. The molecule has 108 valence electrons. The van der Waals surface area contributed by atoms with Crippen LogP contribution in [0.4, 0.5) is 11.4 Å². The quantitative estimate of drug-likeness (QED) is 0.665. The molecular formula is C15H21N3O2. The van der Waals surface area contributed by atoms with Gasteiger partial charge in [-0.2, -0.15) is 0 Å². The Morgan fingerprint density at radius 3 is 2.75 bits per heavy atom. The van der Waals surface area contributed by atoms with Crippen LogP contribution in [0.15, 0.2) is 24.3 Å². The van der Waals surface area contributed by atoms with E-state index in [1.54, 1.807) is 12.1 Å². The first-order valence-electron chi connectivity index (χ1n) is 7.39. The second-order valence-corrected chi connectivity index (χ2v) is 6.08. The van der Waals surface area contributed by atoms with Gasteiger partial charge in [0, 0.05) is 42.9 Å². The maximum atomic E-state index is 10.7. The van der Waals surface area contributed by atoms with Gasteiger partial charge in [0.1, 0.15) is 0 Å². The average Bonchev–Trinajstić information content (AvgIpc) is 2.73. The third-order valence-electron chi connectivity index (χ3n) is 4.67. The topological polar surface area (TPSA) is 58.4 Å². The summed E-state index contributed by atoms with van der Waals surface area (Å²) in [7, 11) is 0. The molecule has 2 fully saturated rings. The highest BCUT2D eigenvalue weighted by atomic mass is 16.6. The lowest BCUT2D eigenvalue weighted by Crippen LogP contribution is -2.35. The van der Waals surface area contributed by atoms with Gasteiger partial charge in [-0.25, -0.2) is 0 Å². The van der Waals surface area contributed by atoms with Crippen LogP contribution in [-0.4, -0.2) is 31.1 Å². The molecule has 0 aliphatic carbocycles. The van der Waals surface area contributed by atoms with Crippen molar-refractivity contribution >= 4 is 11.4 Å². The van der Waals surface area contributed by atoms with Gasteiger partial charge in [-0.3, -0.25) is 10.1 Å². The highest BCUT2D eigenvalue weighted by Gasteiger charge is 2.38. The highest BCUT2D eigenvalue weighted by Crippen LogP contribution is 2.38. The Hall–Kier alpha value is -1.62. The predicted octanol–water partition coefficient (Wildman–Crippen LogP) is 2.56. The second kappa shape index (κ2) is 5.40. The lowest BCUT2D eigenvalue weighted by atomic mass is 9.83. The molecule has 1 unspecified atom stereocenters. The van der Waals surface area contributed by atoms with Gasteiger partial charge >= 0.3 is 0 Å². The molecule has 1 spiro atoms. The number of nitro groups is 1. The van der Waals surface area contributed by atoms with Crippen LogP contribution in [0.1, 0.15) is 25.7 Å². The standard InChI is InChI=1S/C15H21N3O2/c19-18(20)14-5-3-13(4-6-14)17-10-8-15(12-17)7-1-2-9-16-11-15/h3-6,16H,1-2,7-12H2. The Balaban J connectivity index is 1.71. The van der Waals surface area contributed by atoms with Crippen molar-refractivity contribution in [1.82, 2.24) is 5.32 Å². The van der Waals surface area contributed by atoms with Gasteiger partial charge in [0.05, 0.1) is 4.92 Å². The minimum absolute atomic E-state index is 0.166. The Bertz CT molecular complexity index is 478. The SMILES string of the molecule is O=[N+]([O-])c1ccc(N2CCC3(CCCCNC3)C2)cc1. The van der Waals surface area contributed by atoms with Crippen molar-refractivity contribution in [2.24, 2.45) is 5.41 Å². The van der Waals surface area contributed by atoms with Crippen molar-refractivity contribution in [2.75, 3.05) is 31.1 Å². The minimum Gasteiger partial charge on any atom is -0.371 e. The number of nitro benzene ring substituents is 1. The summed E-state index contributed by atoms with van der Waals surface area (Å²) >= 11 is 0. The van der Waals surface area contributed by atoms with Crippen molar-refractivity contribution in [3.05, 3.63) is 34.4 Å². The first-order chi connectivity index (χ1) is 9.69. The molecule has 1 N–H and O–H groups in total. The molecule has 0 bridgehead atoms. The van der Waals surface area contributed by atoms with Crippen LogP contribution in [-0.2, 0) is 0 Å². The van der Waals surface area contributed by atoms with Crippen LogP contribution in [0.25, 0.3) is 0 Å². The van der Waals surface area contributed by atoms with Crippen LogP contribution in [0, 0.1) is 15.5 Å². The van der Waals surface area contributed by atoms with E-state index in [1.807, 2.05) is 12.1 Å². The summed E-state index contributed by atoms with van der Waals surface area (Å²) < 4.78 is 0. The van der Waals surface area contributed by atoms with E-state index in [0.717, 1.165) is 31.9 Å². The first kappa shape index (κ1) is 13.4. The molecule has 3 rings (SSSR count). The Kier molecular flexibility index (Phi) is 3.61. The van der Waals surface area contributed by atoms with Gasteiger partial charge in [0.2, 0.25) is 0 Å². The molecule has 2 saturated heterocycles. The smallest absolute Gasteiger partial charge is 0.269 e. The first-order valence-corrected chi connectivity index (χ1v) is 7.39. The molecule has 5 nitrogen and oxygen atoms in total.